The number of ether oxygens (including phenoxy) is 1. The van der Waals surface area contributed by atoms with Crippen LogP contribution in [0.25, 0.3) is 0 Å². The van der Waals surface area contributed by atoms with Crippen molar-refractivity contribution < 1.29 is 19.4 Å². The second-order valence-corrected chi connectivity index (χ2v) is 3.43. The van der Waals surface area contributed by atoms with Crippen LogP contribution in [0.15, 0.2) is 24.3 Å². The van der Waals surface area contributed by atoms with Gasteiger partial charge in [-0.3, -0.25) is 4.79 Å². The topological polar surface area (TPSA) is 63.6 Å². The summed E-state index contributed by atoms with van der Waals surface area (Å²) in [7, 11) is 1.25. The summed E-state index contributed by atoms with van der Waals surface area (Å²) in [6, 6.07) is 0. The van der Waals surface area contributed by atoms with Gasteiger partial charge in [-0.2, -0.15) is 0 Å². The van der Waals surface area contributed by atoms with E-state index in [9.17, 15) is 9.59 Å². The van der Waals surface area contributed by atoms with Crippen LogP contribution in [0.2, 0.25) is 0 Å². The Morgan fingerprint density at radius 3 is 2.50 bits per heavy atom. The molecule has 1 N–H and O–H groups in total. The van der Waals surface area contributed by atoms with Crippen molar-refractivity contribution in [2.24, 2.45) is 5.92 Å². The average molecular weight is 226 g/mol. The number of carbonyl (C=O) groups is 2. The molecule has 0 heterocycles. The Balaban J connectivity index is 4.53. The average Bonchev–Trinajstić information content (AvgIpc) is 2.26. The third-order valence-electron chi connectivity index (χ3n) is 2.24. The predicted octanol–water partition coefficient (Wildman–Crippen LogP) is 2.16. The van der Waals surface area contributed by atoms with Gasteiger partial charge in [0.25, 0.3) is 0 Å². The maximum Gasteiger partial charge on any atom is 0.332 e. The van der Waals surface area contributed by atoms with E-state index in [1.54, 1.807) is 12.2 Å². The molecule has 1 atom stereocenters. The molecule has 16 heavy (non-hydrogen) atoms. The fourth-order valence-corrected chi connectivity index (χ4v) is 1.27. The van der Waals surface area contributed by atoms with Gasteiger partial charge < -0.3 is 9.84 Å². The molecule has 0 unspecified atom stereocenters. The molecule has 0 aliphatic carbocycles. The number of carbonyl (C=O) groups excluding carboxylic acids is 1. The Morgan fingerprint density at radius 1 is 1.44 bits per heavy atom. The van der Waals surface area contributed by atoms with Gasteiger partial charge in [0.2, 0.25) is 0 Å². The molecule has 0 spiro atoms. The van der Waals surface area contributed by atoms with Crippen LogP contribution >= 0.6 is 0 Å². The normalized spacial score (nSPS) is 13.0. The van der Waals surface area contributed by atoms with E-state index in [-0.39, 0.29) is 5.57 Å². The molecular weight excluding hydrogens is 208 g/mol. The summed E-state index contributed by atoms with van der Waals surface area (Å²) in [5, 5.41) is 8.95. The van der Waals surface area contributed by atoms with E-state index in [1.165, 1.54) is 14.0 Å². The highest BCUT2D eigenvalue weighted by Gasteiger charge is 2.23. The lowest BCUT2D eigenvalue weighted by atomic mass is 9.99. The van der Waals surface area contributed by atoms with Crippen LogP contribution in [0.5, 0.6) is 0 Å². The minimum absolute atomic E-state index is 0.0934. The van der Waals surface area contributed by atoms with Crippen molar-refractivity contribution in [3.8, 4) is 0 Å². The lowest BCUT2D eigenvalue weighted by Gasteiger charge is -2.09. The number of carboxylic acid groups (broad SMARTS) is 1. The summed E-state index contributed by atoms with van der Waals surface area (Å²) in [5.74, 6) is -2.33. The number of methoxy groups -OCH3 is 1. The van der Waals surface area contributed by atoms with Gasteiger partial charge in [0.05, 0.1) is 13.0 Å². The molecule has 0 amide bonds. The summed E-state index contributed by atoms with van der Waals surface area (Å²) < 4.78 is 4.51. The Hall–Kier alpha value is -1.58. The minimum atomic E-state index is -1.07. The van der Waals surface area contributed by atoms with Crippen LogP contribution in [0.4, 0.5) is 0 Å². The van der Waals surface area contributed by atoms with Crippen LogP contribution in [-0.4, -0.2) is 24.2 Å². The summed E-state index contributed by atoms with van der Waals surface area (Å²) in [5.41, 5.74) is 0.0934. The maximum absolute atomic E-state index is 11.2. The van der Waals surface area contributed by atoms with E-state index in [0.717, 1.165) is 12.8 Å². The molecule has 0 radical (unpaired) electrons. The van der Waals surface area contributed by atoms with Crippen molar-refractivity contribution in [2.75, 3.05) is 7.11 Å². The van der Waals surface area contributed by atoms with Gasteiger partial charge in [-0.1, -0.05) is 12.2 Å². The van der Waals surface area contributed by atoms with E-state index in [4.69, 9.17) is 5.11 Å². The Labute approximate surface area is 95.6 Å². The zero-order chi connectivity index (χ0) is 12.6. The van der Waals surface area contributed by atoms with Gasteiger partial charge in [0, 0.05) is 5.57 Å². The molecule has 0 aliphatic rings. The number of rotatable bonds is 7. The van der Waals surface area contributed by atoms with E-state index >= 15 is 0 Å². The summed E-state index contributed by atoms with van der Waals surface area (Å²) in [6.45, 7) is 5.11. The van der Waals surface area contributed by atoms with Crippen LogP contribution in [0.1, 0.15) is 26.2 Å². The van der Waals surface area contributed by atoms with Crippen molar-refractivity contribution in [1.82, 2.24) is 0 Å². The van der Waals surface area contributed by atoms with Crippen molar-refractivity contribution >= 4 is 11.9 Å². The number of carboxylic acids is 1. The maximum atomic E-state index is 11.2. The van der Waals surface area contributed by atoms with Crippen LogP contribution < -0.4 is 0 Å². The minimum Gasteiger partial charge on any atom is -0.478 e. The van der Waals surface area contributed by atoms with Gasteiger partial charge in [0.1, 0.15) is 0 Å². The zero-order valence-corrected chi connectivity index (χ0v) is 9.73. The van der Waals surface area contributed by atoms with Crippen molar-refractivity contribution in [1.29, 1.82) is 0 Å². The second kappa shape index (κ2) is 7.68. The fourth-order valence-electron chi connectivity index (χ4n) is 1.27. The first-order valence-electron chi connectivity index (χ1n) is 5.16. The molecular formula is C12H18O4. The molecule has 0 saturated heterocycles. The van der Waals surface area contributed by atoms with Crippen molar-refractivity contribution in [3.63, 3.8) is 0 Å². The molecule has 0 saturated carbocycles. The van der Waals surface area contributed by atoms with Gasteiger partial charge >= 0.3 is 11.9 Å². The van der Waals surface area contributed by atoms with Crippen LogP contribution in [0, 0.1) is 5.92 Å². The third kappa shape index (κ3) is 4.77. The van der Waals surface area contributed by atoms with Gasteiger partial charge in [-0.05, 0) is 26.2 Å². The molecule has 90 valence electrons. The lowest BCUT2D eigenvalue weighted by Crippen LogP contribution is -2.20. The molecule has 0 aromatic heterocycles. The number of unbranched alkanes of at least 4 members (excludes halogenated alkanes) is 2. The molecule has 0 fully saturated rings. The number of aliphatic carboxylic acids is 1. The molecule has 0 rings (SSSR count). The zero-order valence-electron chi connectivity index (χ0n) is 9.73. The van der Waals surface area contributed by atoms with E-state index in [2.05, 4.69) is 11.3 Å². The number of hydrogen-bond acceptors (Lipinski definition) is 3. The number of esters is 1. The van der Waals surface area contributed by atoms with Crippen LogP contribution in [0.3, 0.4) is 0 Å². The quantitative estimate of drug-likeness (QED) is 0.313. The molecule has 0 aliphatic heterocycles. The smallest absolute Gasteiger partial charge is 0.332 e. The molecule has 0 bridgehead atoms. The van der Waals surface area contributed by atoms with E-state index in [1.807, 2.05) is 0 Å². The third-order valence-corrected chi connectivity index (χ3v) is 2.24. The molecule has 4 heteroatoms. The van der Waals surface area contributed by atoms with Crippen LogP contribution in [-0.2, 0) is 14.3 Å². The van der Waals surface area contributed by atoms with E-state index < -0.39 is 17.9 Å². The monoisotopic (exact) mass is 226 g/mol. The Bertz CT molecular complexity index is 291. The SMILES string of the molecule is C=CCCC/C=C(/C(=O)O)[C@@H](C)C(=O)OC. The highest BCUT2D eigenvalue weighted by molar-refractivity contribution is 5.94. The Kier molecular flexibility index (Phi) is 6.92. The predicted molar refractivity (Wildman–Crippen MR) is 60.9 cm³/mol. The van der Waals surface area contributed by atoms with Gasteiger partial charge in [-0.25, -0.2) is 4.79 Å². The largest absolute Gasteiger partial charge is 0.478 e. The standard InChI is InChI=1S/C12H18O4/c1-4-5-6-7-8-10(11(13)14)9(2)12(15)16-3/h4,8-9H,1,5-7H2,2-3H3,(H,13,14)/b10-8+/t9-/m1/s1. The molecule has 4 nitrogen and oxygen atoms in total. The number of allylic oxidation sites excluding steroid dienone is 2. The summed E-state index contributed by atoms with van der Waals surface area (Å²) in [6.07, 6.45) is 5.63. The fraction of sp³-hybridized carbons (Fsp3) is 0.500. The summed E-state index contributed by atoms with van der Waals surface area (Å²) in [4.78, 5) is 22.1. The van der Waals surface area contributed by atoms with Crippen molar-refractivity contribution in [3.05, 3.63) is 24.3 Å². The highest BCUT2D eigenvalue weighted by atomic mass is 16.5. The van der Waals surface area contributed by atoms with Gasteiger partial charge in [-0.15, -0.1) is 6.58 Å². The number of hydrogen-bond donors (Lipinski definition) is 1. The molecule has 0 aromatic carbocycles. The second-order valence-electron chi connectivity index (χ2n) is 3.43. The summed E-state index contributed by atoms with van der Waals surface area (Å²) >= 11 is 0. The van der Waals surface area contributed by atoms with Gasteiger partial charge in [0.15, 0.2) is 0 Å². The van der Waals surface area contributed by atoms with Crippen molar-refractivity contribution in [2.45, 2.75) is 26.2 Å². The van der Waals surface area contributed by atoms with E-state index in [0.29, 0.717) is 6.42 Å². The highest BCUT2D eigenvalue weighted by Crippen LogP contribution is 2.14. The lowest BCUT2D eigenvalue weighted by molar-refractivity contribution is -0.146. The Morgan fingerprint density at radius 2 is 2.06 bits per heavy atom. The first kappa shape index (κ1) is 14.4. The first-order valence-corrected chi connectivity index (χ1v) is 5.16. The first-order chi connectivity index (χ1) is 7.54. The molecule has 0 aromatic rings.